The maximum atomic E-state index is 12.5. The number of nitrogens with one attached hydrogen (secondary N) is 1. The molecule has 2 aliphatic heterocycles. The lowest BCUT2D eigenvalue weighted by Gasteiger charge is -2.35. The first-order chi connectivity index (χ1) is 13.7. The predicted molar refractivity (Wildman–Crippen MR) is 115 cm³/mol. The van der Waals surface area contributed by atoms with Gasteiger partial charge in [-0.1, -0.05) is 41.9 Å². The van der Waals surface area contributed by atoms with Crippen molar-refractivity contribution in [2.75, 3.05) is 49.5 Å². The van der Waals surface area contributed by atoms with Crippen LogP contribution in [0.4, 0.5) is 16.2 Å². The molecule has 0 atom stereocenters. The highest BCUT2D eigenvalue weighted by atomic mass is 35.5. The van der Waals surface area contributed by atoms with Crippen molar-refractivity contribution in [3.63, 3.8) is 0 Å². The van der Waals surface area contributed by atoms with E-state index < -0.39 is 0 Å². The molecule has 28 heavy (non-hydrogen) atoms. The van der Waals surface area contributed by atoms with E-state index in [1.54, 1.807) is 6.07 Å². The van der Waals surface area contributed by atoms with Gasteiger partial charge in [0.05, 0.1) is 10.7 Å². The Labute approximate surface area is 171 Å². The monoisotopic (exact) mass is 398 g/mol. The first kappa shape index (κ1) is 19.1. The second-order valence-corrected chi connectivity index (χ2v) is 7.90. The van der Waals surface area contributed by atoms with Crippen molar-refractivity contribution in [2.24, 2.45) is 0 Å². The van der Waals surface area contributed by atoms with E-state index in [0.29, 0.717) is 10.7 Å². The van der Waals surface area contributed by atoms with Gasteiger partial charge in [-0.15, -0.1) is 0 Å². The normalized spacial score (nSPS) is 17.8. The van der Waals surface area contributed by atoms with Gasteiger partial charge in [0, 0.05) is 51.5 Å². The number of carbonyl (C=O) groups excluding carboxylic acids is 1. The van der Waals surface area contributed by atoms with E-state index in [2.05, 4.69) is 39.4 Å². The Morgan fingerprint density at radius 1 is 0.893 bits per heavy atom. The molecule has 148 valence electrons. The summed E-state index contributed by atoms with van der Waals surface area (Å²) in [5.41, 5.74) is 3.42. The van der Waals surface area contributed by atoms with Crippen molar-refractivity contribution in [3.8, 4) is 0 Å². The number of halogens is 1. The van der Waals surface area contributed by atoms with Gasteiger partial charge in [-0.05, 0) is 36.6 Å². The standard InChI is InChI=1S/C22H27ClN4O/c23-19-8-2-3-9-20(19)24-22(28)27-15-13-25(14-16-27)17-18-7-1-4-10-21(18)26-11-5-6-12-26/h1-4,7-10H,5-6,11-17H2,(H,24,28). The lowest BCUT2D eigenvalue weighted by atomic mass is 10.1. The molecule has 2 heterocycles. The van der Waals surface area contributed by atoms with Gasteiger partial charge in [-0.25, -0.2) is 4.79 Å². The summed E-state index contributed by atoms with van der Waals surface area (Å²) in [6, 6.07) is 16.0. The third-order valence-corrected chi connectivity index (χ3v) is 5.94. The number of hydrogen-bond acceptors (Lipinski definition) is 3. The molecular weight excluding hydrogens is 372 g/mol. The van der Waals surface area contributed by atoms with Gasteiger partial charge in [0.1, 0.15) is 0 Å². The minimum Gasteiger partial charge on any atom is -0.371 e. The third kappa shape index (κ3) is 4.42. The fourth-order valence-electron chi connectivity index (χ4n) is 4.02. The van der Waals surface area contributed by atoms with Crippen LogP contribution < -0.4 is 10.2 Å². The lowest BCUT2D eigenvalue weighted by molar-refractivity contribution is 0.143. The largest absolute Gasteiger partial charge is 0.371 e. The van der Waals surface area contributed by atoms with E-state index in [9.17, 15) is 4.79 Å². The zero-order valence-corrected chi connectivity index (χ0v) is 16.9. The van der Waals surface area contributed by atoms with Gasteiger partial charge in [-0.3, -0.25) is 4.90 Å². The quantitative estimate of drug-likeness (QED) is 0.834. The summed E-state index contributed by atoms with van der Waals surface area (Å²) in [5, 5.41) is 3.48. The fourth-order valence-corrected chi connectivity index (χ4v) is 4.20. The van der Waals surface area contributed by atoms with Gasteiger partial charge in [-0.2, -0.15) is 0 Å². The van der Waals surface area contributed by atoms with E-state index in [1.807, 2.05) is 23.1 Å². The third-order valence-electron chi connectivity index (χ3n) is 5.61. The molecule has 0 bridgehead atoms. The van der Waals surface area contributed by atoms with E-state index in [1.165, 1.54) is 24.1 Å². The first-order valence-electron chi connectivity index (χ1n) is 10.1. The SMILES string of the molecule is O=C(Nc1ccccc1Cl)N1CCN(Cc2ccccc2N2CCCC2)CC1. The molecule has 1 N–H and O–H groups in total. The molecule has 0 aromatic heterocycles. The summed E-state index contributed by atoms with van der Waals surface area (Å²) in [7, 11) is 0. The van der Waals surface area contributed by atoms with Crippen molar-refractivity contribution < 1.29 is 4.79 Å². The van der Waals surface area contributed by atoms with Gasteiger partial charge < -0.3 is 15.1 Å². The Balaban J connectivity index is 1.32. The minimum absolute atomic E-state index is 0.0785. The number of carbonyl (C=O) groups is 1. The molecule has 2 fully saturated rings. The van der Waals surface area contributed by atoms with Crippen LogP contribution in [-0.4, -0.2) is 55.1 Å². The molecule has 2 amide bonds. The number of piperazine rings is 1. The number of nitrogens with zero attached hydrogens (tertiary/aromatic N) is 3. The number of benzene rings is 2. The summed E-state index contributed by atoms with van der Waals surface area (Å²) >= 11 is 6.14. The second kappa shape index (κ2) is 8.84. The molecule has 0 saturated carbocycles. The molecular formula is C22H27ClN4O. The summed E-state index contributed by atoms with van der Waals surface area (Å²) in [6.07, 6.45) is 2.57. The molecule has 4 rings (SSSR count). The van der Waals surface area contributed by atoms with Crippen LogP contribution in [-0.2, 0) is 6.54 Å². The summed E-state index contributed by atoms with van der Waals surface area (Å²) in [6.45, 7) is 6.46. The van der Waals surface area contributed by atoms with Gasteiger partial charge >= 0.3 is 6.03 Å². The molecule has 0 spiro atoms. The average molecular weight is 399 g/mol. The van der Waals surface area contributed by atoms with Gasteiger partial charge in [0.25, 0.3) is 0 Å². The highest BCUT2D eigenvalue weighted by Crippen LogP contribution is 2.26. The molecule has 0 radical (unpaired) electrons. The van der Waals surface area contributed by atoms with Crippen molar-refractivity contribution in [1.29, 1.82) is 0 Å². The summed E-state index contributed by atoms with van der Waals surface area (Å²) in [5.74, 6) is 0. The number of rotatable bonds is 4. The molecule has 6 heteroatoms. The summed E-state index contributed by atoms with van der Waals surface area (Å²) < 4.78 is 0. The van der Waals surface area contributed by atoms with Crippen LogP contribution in [0.1, 0.15) is 18.4 Å². The zero-order valence-electron chi connectivity index (χ0n) is 16.1. The number of amides is 2. The Morgan fingerprint density at radius 2 is 1.57 bits per heavy atom. The number of anilines is 2. The van der Waals surface area contributed by atoms with E-state index in [-0.39, 0.29) is 6.03 Å². The molecule has 2 aromatic carbocycles. The maximum Gasteiger partial charge on any atom is 0.321 e. The molecule has 2 aromatic rings. The van der Waals surface area contributed by atoms with Crippen LogP contribution in [0.3, 0.4) is 0 Å². The maximum absolute atomic E-state index is 12.5. The topological polar surface area (TPSA) is 38.8 Å². The summed E-state index contributed by atoms with van der Waals surface area (Å²) in [4.78, 5) is 19.4. The fraction of sp³-hybridized carbons (Fsp3) is 0.409. The van der Waals surface area contributed by atoms with Crippen molar-refractivity contribution in [2.45, 2.75) is 19.4 Å². The number of para-hydroxylation sites is 2. The van der Waals surface area contributed by atoms with E-state index in [0.717, 1.165) is 45.8 Å². The lowest BCUT2D eigenvalue weighted by Crippen LogP contribution is -2.49. The Kier molecular flexibility index (Phi) is 6.03. The Morgan fingerprint density at radius 3 is 2.32 bits per heavy atom. The van der Waals surface area contributed by atoms with E-state index in [4.69, 9.17) is 11.6 Å². The molecule has 0 aliphatic carbocycles. The molecule has 2 saturated heterocycles. The van der Waals surface area contributed by atoms with E-state index >= 15 is 0 Å². The predicted octanol–water partition coefficient (Wildman–Crippen LogP) is 4.29. The van der Waals surface area contributed by atoms with Crippen LogP contribution in [0.15, 0.2) is 48.5 Å². The van der Waals surface area contributed by atoms with Crippen LogP contribution in [0.25, 0.3) is 0 Å². The molecule has 2 aliphatic rings. The van der Waals surface area contributed by atoms with Crippen molar-refractivity contribution >= 4 is 29.0 Å². The second-order valence-electron chi connectivity index (χ2n) is 7.50. The van der Waals surface area contributed by atoms with Crippen LogP contribution in [0.2, 0.25) is 5.02 Å². The van der Waals surface area contributed by atoms with Gasteiger partial charge in [0.2, 0.25) is 0 Å². The van der Waals surface area contributed by atoms with Crippen LogP contribution >= 0.6 is 11.6 Å². The Hall–Kier alpha value is -2.24. The van der Waals surface area contributed by atoms with Crippen LogP contribution in [0.5, 0.6) is 0 Å². The molecule has 0 unspecified atom stereocenters. The molecule has 5 nitrogen and oxygen atoms in total. The highest BCUT2D eigenvalue weighted by Gasteiger charge is 2.23. The van der Waals surface area contributed by atoms with Gasteiger partial charge in [0.15, 0.2) is 0 Å². The number of urea groups is 1. The minimum atomic E-state index is -0.0785. The zero-order chi connectivity index (χ0) is 19.3. The Bertz CT molecular complexity index is 814. The van der Waals surface area contributed by atoms with Crippen molar-refractivity contribution in [3.05, 3.63) is 59.1 Å². The van der Waals surface area contributed by atoms with Crippen LogP contribution in [0, 0.1) is 0 Å². The average Bonchev–Trinajstić information content (AvgIpc) is 3.25. The first-order valence-corrected chi connectivity index (χ1v) is 10.4. The number of hydrogen-bond donors (Lipinski definition) is 1. The highest BCUT2D eigenvalue weighted by molar-refractivity contribution is 6.33. The van der Waals surface area contributed by atoms with Crippen molar-refractivity contribution in [1.82, 2.24) is 9.80 Å². The smallest absolute Gasteiger partial charge is 0.321 e.